The summed E-state index contributed by atoms with van der Waals surface area (Å²) >= 11 is 0. The van der Waals surface area contributed by atoms with E-state index in [-0.39, 0.29) is 11.7 Å². The van der Waals surface area contributed by atoms with Crippen molar-refractivity contribution < 1.29 is 15.0 Å². The molecule has 2 rings (SSSR count). The molecule has 1 amide bonds. The number of aromatic hydroxyl groups is 1. The molecule has 0 aromatic heterocycles. The molecular weight excluding hydrogens is 182 g/mol. The number of anilines is 1. The van der Waals surface area contributed by atoms with Crippen LogP contribution < -0.4 is 4.90 Å². The van der Waals surface area contributed by atoms with Gasteiger partial charge in [-0.05, 0) is 24.3 Å². The molecule has 1 aromatic rings. The average Bonchev–Trinajstić information content (AvgIpc) is 2.49. The zero-order valence-corrected chi connectivity index (χ0v) is 7.55. The van der Waals surface area contributed by atoms with Crippen LogP contribution in [0.15, 0.2) is 24.3 Å². The van der Waals surface area contributed by atoms with Gasteiger partial charge in [-0.15, -0.1) is 0 Å². The van der Waals surface area contributed by atoms with Gasteiger partial charge in [0.1, 0.15) is 12.0 Å². The van der Waals surface area contributed by atoms with E-state index in [4.69, 9.17) is 5.11 Å². The molecule has 0 bridgehead atoms. The fourth-order valence-corrected chi connectivity index (χ4v) is 1.60. The number of hydrogen-bond acceptors (Lipinski definition) is 3. The number of benzene rings is 1. The smallest absolute Gasteiger partial charge is 0.229 e. The van der Waals surface area contributed by atoms with Crippen LogP contribution in [0.1, 0.15) is 12.8 Å². The Balaban J connectivity index is 2.30. The van der Waals surface area contributed by atoms with Crippen molar-refractivity contribution in [1.29, 1.82) is 0 Å². The first kappa shape index (κ1) is 9.02. The lowest BCUT2D eigenvalue weighted by Crippen LogP contribution is -2.32. The number of phenols is 1. The van der Waals surface area contributed by atoms with Crippen molar-refractivity contribution in [2.24, 2.45) is 0 Å². The van der Waals surface area contributed by atoms with Crippen LogP contribution in [0.25, 0.3) is 0 Å². The molecule has 4 heteroatoms. The van der Waals surface area contributed by atoms with Gasteiger partial charge in [-0.3, -0.25) is 9.69 Å². The number of aliphatic hydroxyl groups is 1. The molecule has 14 heavy (non-hydrogen) atoms. The molecule has 74 valence electrons. The van der Waals surface area contributed by atoms with Crippen molar-refractivity contribution >= 4 is 11.6 Å². The van der Waals surface area contributed by atoms with Crippen molar-refractivity contribution in [3.63, 3.8) is 0 Å². The zero-order chi connectivity index (χ0) is 10.1. The van der Waals surface area contributed by atoms with Gasteiger partial charge in [0, 0.05) is 18.5 Å². The Morgan fingerprint density at radius 2 is 1.93 bits per heavy atom. The maximum absolute atomic E-state index is 11.4. The highest BCUT2D eigenvalue weighted by atomic mass is 16.3. The lowest BCUT2D eigenvalue weighted by molar-refractivity contribution is -0.117. The second-order valence-corrected chi connectivity index (χ2v) is 3.30. The maximum Gasteiger partial charge on any atom is 0.229 e. The summed E-state index contributed by atoms with van der Waals surface area (Å²) in [6.45, 7) is 0. The van der Waals surface area contributed by atoms with E-state index in [0.29, 0.717) is 18.5 Å². The predicted molar refractivity (Wildman–Crippen MR) is 50.8 cm³/mol. The van der Waals surface area contributed by atoms with E-state index in [2.05, 4.69) is 0 Å². The van der Waals surface area contributed by atoms with Gasteiger partial charge in [0.25, 0.3) is 0 Å². The molecular formula is C10H11NO3. The third-order valence-electron chi connectivity index (χ3n) is 2.31. The Bertz CT molecular complexity index is 347. The summed E-state index contributed by atoms with van der Waals surface area (Å²) in [5.74, 6) is 0.0677. The second-order valence-electron chi connectivity index (χ2n) is 3.30. The Hall–Kier alpha value is -1.55. The summed E-state index contributed by atoms with van der Waals surface area (Å²) in [5.41, 5.74) is 0.623. The molecule has 1 heterocycles. The first-order valence-electron chi connectivity index (χ1n) is 4.47. The number of carbonyl (C=O) groups is 1. The molecule has 0 radical (unpaired) electrons. The van der Waals surface area contributed by atoms with Crippen molar-refractivity contribution in [1.82, 2.24) is 0 Å². The van der Waals surface area contributed by atoms with Crippen LogP contribution in [0.2, 0.25) is 0 Å². The minimum Gasteiger partial charge on any atom is -0.508 e. The molecule has 1 fully saturated rings. The normalized spacial score (nSPS) is 21.6. The quantitative estimate of drug-likeness (QED) is 0.694. The molecule has 1 aromatic carbocycles. The van der Waals surface area contributed by atoms with Gasteiger partial charge in [-0.2, -0.15) is 0 Å². The molecule has 0 unspecified atom stereocenters. The minimum absolute atomic E-state index is 0.0804. The Morgan fingerprint density at radius 3 is 2.43 bits per heavy atom. The molecule has 0 spiro atoms. The molecule has 1 saturated heterocycles. The summed E-state index contributed by atoms with van der Waals surface area (Å²) in [6.07, 6.45) is 0.119. The largest absolute Gasteiger partial charge is 0.508 e. The highest BCUT2D eigenvalue weighted by molar-refractivity contribution is 5.95. The van der Waals surface area contributed by atoms with E-state index in [1.165, 1.54) is 17.0 Å². The number of rotatable bonds is 1. The van der Waals surface area contributed by atoms with Gasteiger partial charge in [0.05, 0.1) is 0 Å². The van der Waals surface area contributed by atoms with Crippen LogP contribution in [0.3, 0.4) is 0 Å². The van der Waals surface area contributed by atoms with Crippen molar-refractivity contribution in [3.05, 3.63) is 24.3 Å². The summed E-state index contributed by atoms with van der Waals surface area (Å²) in [6, 6.07) is 6.21. The highest BCUT2D eigenvalue weighted by Crippen LogP contribution is 2.26. The number of hydrogen-bond donors (Lipinski definition) is 2. The molecule has 2 N–H and O–H groups in total. The minimum atomic E-state index is -0.730. The van der Waals surface area contributed by atoms with Crippen molar-refractivity contribution in [3.8, 4) is 5.75 Å². The second kappa shape index (κ2) is 3.31. The summed E-state index contributed by atoms with van der Waals surface area (Å²) < 4.78 is 0. The van der Waals surface area contributed by atoms with Gasteiger partial charge in [-0.25, -0.2) is 0 Å². The number of phenolic OH excluding ortho intramolecular Hbond substituents is 1. The number of carbonyl (C=O) groups excluding carboxylic acids is 1. The molecule has 1 aliphatic rings. The fourth-order valence-electron chi connectivity index (χ4n) is 1.60. The average molecular weight is 193 g/mol. The van der Waals surface area contributed by atoms with Gasteiger partial charge < -0.3 is 10.2 Å². The number of amides is 1. The molecule has 4 nitrogen and oxygen atoms in total. The molecule has 0 aliphatic carbocycles. The predicted octanol–water partition coefficient (Wildman–Crippen LogP) is 0.837. The third-order valence-corrected chi connectivity index (χ3v) is 2.31. The van der Waals surface area contributed by atoms with Crippen LogP contribution in [-0.2, 0) is 4.79 Å². The van der Waals surface area contributed by atoms with E-state index < -0.39 is 6.23 Å². The van der Waals surface area contributed by atoms with Crippen LogP contribution in [0.4, 0.5) is 5.69 Å². The summed E-state index contributed by atoms with van der Waals surface area (Å²) in [7, 11) is 0. The van der Waals surface area contributed by atoms with Gasteiger partial charge in [-0.1, -0.05) is 0 Å². The van der Waals surface area contributed by atoms with Crippen molar-refractivity contribution in [2.45, 2.75) is 19.1 Å². The van der Waals surface area contributed by atoms with E-state index in [1.807, 2.05) is 0 Å². The number of aliphatic hydroxyl groups excluding tert-OH is 1. The highest BCUT2D eigenvalue weighted by Gasteiger charge is 2.30. The first-order valence-corrected chi connectivity index (χ1v) is 4.47. The Labute approximate surface area is 81.4 Å². The van der Waals surface area contributed by atoms with Gasteiger partial charge >= 0.3 is 0 Å². The Kier molecular flexibility index (Phi) is 2.13. The topological polar surface area (TPSA) is 60.8 Å². The van der Waals surface area contributed by atoms with E-state index >= 15 is 0 Å². The SMILES string of the molecule is O=C1CC[C@H](O)N1c1ccc(O)cc1. The van der Waals surface area contributed by atoms with Crippen LogP contribution in [0.5, 0.6) is 5.75 Å². The molecule has 1 atom stereocenters. The van der Waals surface area contributed by atoms with Crippen LogP contribution in [0, 0.1) is 0 Å². The van der Waals surface area contributed by atoms with E-state index in [9.17, 15) is 9.90 Å². The number of nitrogens with zero attached hydrogens (tertiary/aromatic N) is 1. The van der Waals surface area contributed by atoms with Gasteiger partial charge in [0.2, 0.25) is 5.91 Å². The lowest BCUT2D eigenvalue weighted by atomic mass is 10.3. The standard InChI is InChI=1S/C10H11NO3/c12-8-3-1-7(2-4-8)11-9(13)5-6-10(11)14/h1-4,9,12-13H,5-6H2/t9-/m0/s1. The summed E-state index contributed by atoms with van der Waals surface area (Å²) in [5, 5.41) is 18.6. The fraction of sp³-hybridized carbons (Fsp3) is 0.300. The molecule has 1 aliphatic heterocycles. The van der Waals surface area contributed by atoms with Crippen LogP contribution in [-0.4, -0.2) is 22.3 Å². The van der Waals surface area contributed by atoms with E-state index in [1.54, 1.807) is 12.1 Å². The monoisotopic (exact) mass is 193 g/mol. The molecule has 0 saturated carbocycles. The maximum atomic E-state index is 11.4. The van der Waals surface area contributed by atoms with Gasteiger partial charge in [0.15, 0.2) is 0 Å². The zero-order valence-electron chi connectivity index (χ0n) is 7.55. The van der Waals surface area contributed by atoms with Crippen molar-refractivity contribution in [2.75, 3.05) is 4.90 Å². The third kappa shape index (κ3) is 1.44. The first-order chi connectivity index (χ1) is 6.68. The lowest BCUT2D eigenvalue weighted by Gasteiger charge is -2.20. The van der Waals surface area contributed by atoms with E-state index in [0.717, 1.165) is 0 Å². The summed E-state index contributed by atoms with van der Waals surface area (Å²) in [4.78, 5) is 12.7. The van der Waals surface area contributed by atoms with Crippen LogP contribution >= 0.6 is 0 Å². The Morgan fingerprint density at radius 1 is 1.29 bits per heavy atom.